The van der Waals surface area contributed by atoms with Gasteiger partial charge in [-0.25, -0.2) is 9.78 Å². The fraction of sp³-hybridized carbons (Fsp3) is 0.353. The number of fused-ring (bicyclic) bond motifs is 1. The highest BCUT2D eigenvalue weighted by Gasteiger charge is 2.13. The molecule has 3 aromatic rings. The molecule has 0 amide bonds. The predicted molar refractivity (Wildman–Crippen MR) is 99.7 cm³/mol. The molecule has 2 aromatic heterocycles. The van der Waals surface area contributed by atoms with E-state index in [9.17, 15) is 9.59 Å². The first-order valence-electron chi connectivity index (χ1n) is 8.16. The van der Waals surface area contributed by atoms with Crippen molar-refractivity contribution in [2.45, 2.75) is 19.5 Å². The molecular formula is C17H20ClN5O3. The van der Waals surface area contributed by atoms with Crippen molar-refractivity contribution < 1.29 is 4.74 Å². The second-order valence-corrected chi connectivity index (χ2v) is 6.38. The lowest BCUT2D eigenvalue weighted by Gasteiger charge is -2.09. The van der Waals surface area contributed by atoms with E-state index < -0.39 is 5.69 Å². The number of ether oxygens (including phenoxy) is 1. The van der Waals surface area contributed by atoms with Crippen molar-refractivity contribution >= 4 is 22.8 Å². The second kappa shape index (κ2) is 7.35. The van der Waals surface area contributed by atoms with Crippen LogP contribution in [0.3, 0.4) is 0 Å². The summed E-state index contributed by atoms with van der Waals surface area (Å²) >= 11 is 6.11. The molecule has 0 bridgehead atoms. The largest absolute Gasteiger partial charge is 0.493 e. The monoisotopic (exact) mass is 377 g/mol. The smallest absolute Gasteiger partial charge is 0.332 e. The van der Waals surface area contributed by atoms with Gasteiger partial charge in [-0.3, -0.25) is 13.9 Å². The van der Waals surface area contributed by atoms with Crippen molar-refractivity contribution in [3.8, 4) is 5.75 Å². The number of rotatable bonds is 6. The highest BCUT2D eigenvalue weighted by Crippen LogP contribution is 2.22. The Bertz CT molecular complexity index is 1070. The molecule has 9 heteroatoms. The normalized spacial score (nSPS) is 11.2. The van der Waals surface area contributed by atoms with Crippen LogP contribution >= 0.6 is 11.6 Å². The quantitative estimate of drug-likeness (QED) is 0.647. The van der Waals surface area contributed by atoms with Crippen LogP contribution in [0.2, 0.25) is 5.02 Å². The zero-order chi connectivity index (χ0) is 18.8. The third-order valence-corrected chi connectivity index (χ3v) is 4.63. The molecule has 0 spiro atoms. The van der Waals surface area contributed by atoms with Gasteiger partial charge in [-0.15, -0.1) is 0 Å². The van der Waals surface area contributed by atoms with Crippen LogP contribution in [0.15, 0.2) is 34.1 Å². The van der Waals surface area contributed by atoms with E-state index in [0.29, 0.717) is 48.1 Å². The van der Waals surface area contributed by atoms with Crippen LogP contribution in [-0.2, 0) is 27.2 Å². The SMILES string of the molecule is Cn1c(=O)c2c(ncn2CCCOc2ccc(CN)c(Cl)c2)n(C)c1=O. The summed E-state index contributed by atoms with van der Waals surface area (Å²) < 4.78 is 9.88. The van der Waals surface area contributed by atoms with E-state index in [-0.39, 0.29) is 5.56 Å². The maximum Gasteiger partial charge on any atom is 0.332 e. The number of hydrogen-bond acceptors (Lipinski definition) is 5. The molecule has 8 nitrogen and oxygen atoms in total. The van der Waals surface area contributed by atoms with E-state index in [0.717, 1.165) is 10.1 Å². The lowest BCUT2D eigenvalue weighted by Crippen LogP contribution is -2.37. The number of nitrogens with two attached hydrogens (primary N) is 1. The number of benzene rings is 1. The van der Waals surface area contributed by atoms with E-state index in [2.05, 4.69) is 4.98 Å². The molecule has 0 radical (unpaired) electrons. The molecule has 26 heavy (non-hydrogen) atoms. The Morgan fingerprint density at radius 2 is 2.00 bits per heavy atom. The van der Waals surface area contributed by atoms with Crippen molar-refractivity contribution in [3.05, 3.63) is 56.0 Å². The molecule has 2 heterocycles. The molecular weight excluding hydrogens is 358 g/mol. The third-order valence-electron chi connectivity index (χ3n) is 4.27. The van der Waals surface area contributed by atoms with Gasteiger partial charge in [0.2, 0.25) is 0 Å². The second-order valence-electron chi connectivity index (χ2n) is 5.98. The zero-order valence-electron chi connectivity index (χ0n) is 14.6. The van der Waals surface area contributed by atoms with E-state index >= 15 is 0 Å². The molecule has 0 fully saturated rings. The van der Waals surface area contributed by atoms with E-state index in [1.54, 1.807) is 24.0 Å². The Kier molecular flexibility index (Phi) is 5.15. The summed E-state index contributed by atoms with van der Waals surface area (Å²) in [5.74, 6) is 0.668. The lowest BCUT2D eigenvalue weighted by atomic mass is 10.2. The summed E-state index contributed by atoms with van der Waals surface area (Å²) in [4.78, 5) is 28.5. The fourth-order valence-electron chi connectivity index (χ4n) is 2.77. The Balaban J connectivity index is 1.70. The molecule has 2 N–H and O–H groups in total. The number of aryl methyl sites for hydroxylation is 2. The number of aromatic nitrogens is 4. The average Bonchev–Trinajstić information content (AvgIpc) is 3.06. The molecule has 0 saturated heterocycles. The molecule has 0 aliphatic carbocycles. The molecule has 1 aromatic carbocycles. The molecule has 0 atom stereocenters. The first-order valence-corrected chi connectivity index (χ1v) is 8.54. The van der Waals surface area contributed by atoms with Crippen LogP contribution in [0.5, 0.6) is 5.75 Å². The van der Waals surface area contributed by atoms with Gasteiger partial charge in [-0.1, -0.05) is 17.7 Å². The van der Waals surface area contributed by atoms with Gasteiger partial charge >= 0.3 is 5.69 Å². The Labute approximate surface area is 154 Å². The van der Waals surface area contributed by atoms with Gasteiger partial charge < -0.3 is 15.0 Å². The van der Waals surface area contributed by atoms with Crippen LogP contribution < -0.4 is 21.7 Å². The van der Waals surface area contributed by atoms with Crippen LogP contribution in [-0.4, -0.2) is 25.3 Å². The average molecular weight is 378 g/mol. The highest BCUT2D eigenvalue weighted by molar-refractivity contribution is 6.31. The Morgan fingerprint density at radius 3 is 2.69 bits per heavy atom. The summed E-state index contributed by atoms with van der Waals surface area (Å²) in [5, 5.41) is 0.579. The van der Waals surface area contributed by atoms with Gasteiger partial charge in [0.25, 0.3) is 5.56 Å². The van der Waals surface area contributed by atoms with Crippen LogP contribution in [0.4, 0.5) is 0 Å². The third kappa shape index (κ3) is 3.25. The number of imidazole rings is 1. The van der Waals surface area contributed by atoms with Crippen molar-refractivity contribution in [1.29, 1.82) is 0 Å². The molecule has 0 aliphatic heterocycles. The van der Waals surface area contributed by atoms with Crippen molar-refractivity contribution in [3.63, 3.8) is 0 Å². The van der Waals surface area contributed by atoms with Crippen molar-refractivity contribution in [1.82, 2.24) is 18.7 Å². The Morgan fingerprint density at radius 1 is 1.23 bits per heavy atom. The van der Waals surface area contributed by atoms with Gasteiger partial charge in [-0.2, -0.15) is 0 Å². The molecule has 0 aliphatic rings. The molecule has 3 rings (SSSR count). The number of hydrogen-bond donors (Lipinski definition) is 1. The topological polar surface area (TPSA) is 97.1 Å². The van der Waals surface area contributed by atoms with Gasteiger partial charge in [0, 0.05) is 32.2 Å². The van der Waals surface area contributed by atoms with Crippen LogP contribution in [0.1, 0.15) is 12.0 Å². The Hall–Kier alpha value is -2.58. The first-order chi connectivity index (χ1) is 12.4. The zero-order valence-corrected chi connectivity index (χ0v) is 15.4. The lowest BCUT2D eigenvalue weighted by molar-refractivity contribution is 0.302. The molecule has 138 valence electrons. The van der Waals surface area contributed by atoms with Crippen molar-refractivity contribution in [2.24, 2.45) is 19.8 Å². The highest BCUT2D eigenvalue weighted by atomic mass is 35.5. The minimum atomic E-state index is -0.395. The first kappa shape index (κ1) is 18.2. The van der Waals surface area contributed by atoms with Crippen LogP contribution in [0.25, 0.3) is 11.2 Å². The predicted octanol–water partition coefficient (Wildman–Crippen LogP) is 1.01. The number of halogens is 1. The maximum atomic E-state index is 12.4. The minimum absolute atomic E-state index is 0.356. The standard InChI is InChI=1S/C17H20ClN5O3/c1-21-15-14(16(24)22(2)17(21)25)23(10-20-15)6-3-7-26-12-5-4-11(9-19)13(18)8-12/h4-5,8,10H,3,6-7,9,19H2,1-2H3. The number of nitrogens with zero attached hydrogens (tertiary/aromatic N) is 4. The van der Waals surface area contributed by atoms with E-state index in [4.69, 9.17) is 22.1 Å². The summed E-state index contributed by atoms with van der Waals surface area (Å²) in [6.45, 7) is 1.37. The summed E-state index contributed by atoms with van der Waals surface area (Å²) in [6.07, 6.45) is 2.23. The maximum absolute atomic E-state index is 12.4. The van der Waals surface area contributed by atoms with E-state index in [1.165, 1.54) is 11.6 Å². The van der Waals surface area contributed by atoms with E-state index in [1.807, 2.05) is 12.1 Å². The summed E-state index contributed by atoms with van der Waals surface area (Å²) in [6, 6.07) is 5.40. The minimum Gasteiger partial charge on any atom is -0.493 e. The molecule has 0 unspecified atom stereocenters. The molecule has 0 saturated carbocycles. The van der Waals surface area contributed by atoms with Crippen LogP contribution in [0, 0.1) is 0 Å². The summed E-state index contributed by atoms with van der Waals surface area (Å²) in [7, 11) is 3.05. The van der Waals surface area contributed by atoms with Gasteiger partial charge in [-0.05, 0) is 24.1 Å². The van der Waals surface area contributed by atoms with Gasteiger partial charge in [0.1, 0.15) is 5.75 Å². The van der Waals surface area contributed by atoms with Gasteiger partial charge in [0.15, 0.2) is 11.2 Å². The fourth-order valence-corrected chi connectivity index (χ4v) is 3.02. The van der Waals surface area contributed by atoms with Gasteiger partial charge in [0.05, 0.1) is 12.9 Å². The summed E-state index contributed by atoms with van der Waals surface area (Å²) in [5.41, 5.74) is 6.48. The van der Waals surface area contributed by atoms with Crippen molar-refractivity contribution in [2.75, 3.05) is 6.61 Å².